The summed E-state index contributed by atoms with van der Waals surface area (Å²) in [5.41, 5.74) is 9.21. The minimum atomic E-state index is 0.216. The number of hydrogen-bond donors (Lipinski definition) is 1. The minimum Gasteiger partial charge on any atom is -0.369 e. The second kappa shape index (κ2) is 21.3. The highest BCUT2D eigenvalue weighted by atomic mass is 79.9. The number of fused-ring (bicyclic) bond motifs is 1. The van der Waals surface area contributed by atoms with Crippen LogP contribution in [-0.2, 0) is 22.7 Å². The smallest absolute Gasteiger partial charge is 0.225 e. The van der Waals surface area contributed by atoms with Gasteiger partial charge in [-0.2, -0.15) is 0 Å². The summed E-state index contributed by atoms with van der Waals surface area (Å²) in [4.78, 5) is 30.2. The molecule has 1 aromatic heterocycles. The van der Waals surface area contributed by atoms with E-state index in [1.54, 1.807) is 11.1 Å². The fraction of sp³-hybridized carbons (Fsp3) is 0.500. The monoisotopic (exact) mass is 572 g/mol. The number of carbonyl (C=O) groups excluding carboxylic acids is 2. The molecule has 0 saturated heterocycles. The van der Waals surface area contributed by atoms with Gasteiger partial charge in [-0.25, -0.2) is 4.98 Å². The van der Waals surface area contributed by atoms with Crippen molar-refractivity contribution in [3.63, 3.8) is 0 Å². The molecule has 1 heterocycles. The Kier molecular flexibility index (Phi) is 19.6. The van der Waals surface area contributed by atoms with Crippen LogP contribution in [0.3, 0.4) is 0 Å². The Hall–Kier alpha value is -2.85. The fourth-order valence-corrected chi connectivity index (χ4v) is 4.17. The van der Waals surface area contributed by atoms with E-state index in [0.29, 0.717) is 24.8 Å². The van der Waals surface area contributed by atoms with Crippen molar-refractivity contribution in [2.45, 2.75) is 85.2 Å². The van der Waals surface area contributed by atoms with Crippen molar-refractivity contribution in [1.82, 2.24) is 14.5 Å². The Balaban J connectivity index is 0.000000911. The molecule has 1 aliphatic carbocycles. The summed E-state index contributed by atoms with van der Waals surface area (Å²) in [5.74, 6) is 1.08. The number of rotatable bonds is 8. The molecule has 0 unspecified atom stereocenters. The first-order valence-electron chi connectivity index (χ1n) is 13.0. The van der Waals surface area contributed by atoms with Crippen LogP contribution in [0.2, 0.25) is 0 Å². The van der Waals surface area contributed by atoms with Gasteiger partial charge in [-0.1, -0.05) is 72.8 Å². The Morgan fingerprint density at radius 2 is 1.86 bits per heavy atom. The molecule has 6 nitrogen and oxygen atoms in total. The molecule has 1 aromatic carbocycles. The van der Waals surface area contributed by atoms with Crippen molar-refractivity contribution in [1.29, 1.82) is 0 Å². The lowest BCUT2D eigenvalue weighted by Gasteiger charge is -2.26. The third-order valence-corrected chi connectivity index (χ3v) is 6.36. The van der Waals surface area contributed by atoms with E-state index >= 15 is 0 Å². The van der Waals surface area contributed by atoms with E-state index in [-0.39, 0.29) is 5.92 Å². The number of amides is 1. The molecule has 0 aliphatic heterocycles. The average Bonchev–Trinajstić information content (AvgIpc) is 3.26. The van der Waals surface area contributed by atoms with Crippen LogP contribution in [0, 0.1) is 18.8 Å². The number of allylic oxidation sites excluding steroid dienone is 3. The number of anilines is 1. The van der Waals surface area contributed by atoms with E-state index < -0.39 is 0 Å². The third-order valence-electron chi connectivity index (χ3n) is 5.98. The van der Waals surface area contributed by atoms with Crippen LogP contribution in [0.15, 0.2) is 41.4 Å². The van der Waals surface area contributed by atoms with Crippen LogP contribution < -0.4 is 5.73 Å². The summed E-state index contributed by atoms with van der Waals surface area (Å²) in [6.45, 7) is 7.70. The third kappa shape index (κ3) is 12.8. The summed E-state index contributed by atoms with van der Waals surface area (Å²) < 4.78 is 2.09. The highest BCUT2D eigenvalue weighted by molar-refractivity contribution is 9.11. The van der Waals surface area contributed by atoms with E-state index in [2.05, 4.69) is 57.4 Å². The predicted octanol–water partition coefficient (Wildman–Crippen LogP) is 7.27. The number of benzene rings is 1. The summed E-state index contributed by atoms with van der Waals surface area (Å²) in [7, 11) is 1.92. The Morgan fingerprint density at radius 3 is 2.38 bits per heavy atom. The van der Waals surface area contributed by atoms with Gasteiger partial charge >= 0.3 is 0 Å². The first-order chi connectivity index (χ1) is 17.9. The molecule has 204 valence electrons. The van der Waals surface area contributed by atoms with Crippen LogP contribution >= 0.6 is 15.9 Å². The second-order valence-electron chi connectivity index (χ2n) is 8.76. The van der Waals surface area contributed by atoms with Gasteiger partial charge in [0.1, 0.15) is 6.29 Å². The number of terminal acetylenes is 1. The van der Waals surface area contributed by atoms with Gasteiger partial charge in [0.05, 0.1) is 11.0 Å². The van der Waals surface area contributed by atoms with Gasteiger partial charge in [0.2, 0.25) is 11.9 Å². The molecule has 7 heteroatoms. The number of imidazole rings is 1. The van der Waals surface area contributed by atoms with E-state index in [1.165, 1.54) is 19.3 Å². The van der Waals surface area contributed by atoms with Gasteiger partial charge in [-0.15, -0.1) is 12.8 Å². The van der Waals surface area contributed by atoms with Gasteiger partial charge in [0.25, 0.3) is 0 Å². The maximum Gasteiger partial charge on any atom is 0.225 e. The van der Waals surface area contributed by atoms with E-state index in [0.717, 1.165) is 55.1 Å². The van der Waals surface area contributed by atoms with Crippen LogP contribution in [0.4, 0.5) is 5.95 Å². The fourth-order valence-electron chi connectivity index (χ4n) is 3.96. The van der Waals surface area contributed by atoms with Crippen molar-refractivity contribution < 1.29 is 9.59 Å². The largest absolute Gasteiger partial charge is 0.369 e. The van der Waals surface area contributed by atoms with Crippen molar-refractivity contribution in [3.05, 3.63) is 47.0 Å². The molecule has 3 rings (SSSR count). The molecular formula is C30H45BrN4O2. The molecule has 1 saturated carbocycles. The quantitative estimate of drug-likeness (QED) is 0.205. The van der Waals surface area contributed by atoms with Crippen molar-refractivity contribution in [2.75, 3.05) is 12.8 Å². The number of nitrogens with zero attached hydrogens (tertiary/aromatic N) is 3. The molecule has 1 fully saturated rings. The Morgan fingerprint density at radius 1 is 1.22 bits per heavy atom. The summed E-state index contributed by atoms with van der Waals surface area (Å²) in [6, 6.07) is 6.21. The summed E-state index contributed by atoms with van der Waals surface area (Å²) >= 11 is 3.01. The zero-order chi connectivity index (χ0) is 28.1. The first kappa shape index (κ1) is 34.1. The lowest BCUT2D eigenvalue weighted by Crippen LogP contribution is -2.33. The normalized spacial score (nSPS) is 13.2. The topological polar surface area (TPSA) is 81.2 Å². The molecular weight excluding hydrogens is 528 g/mol. The van der Waals surface area contributed by atoms with E-state index in [1.807, 2.05) is 44.0 Å². The molecule has 0 radical (unpaired) electrons. The molecule has 0 bridgehead atoms. The highest BCUT2D eigenvalue weighted by Crippen LogP contribution is 2.26. The maximum absolute atomic E-state index is 12.7. The van der Waals surface area contributed by atoms with Gasteiger partial charge in [-0.05, 0) is 55.8 Å². The molecule has 2 N–H and O–H groups in total. The standard InChI is InChI=1S/C20H30N4O.C4H5BrO.C4H8.C2H2/c1-3-4-12-24-18-13-15(10-11-17(18)22-20(24)21)14-23(2)19(25)16-8-6-5-7-9-16;5-3-1-2-4-6;1-3-4-2;1-2/h10-11,13,16H,3-9,12,14H2,1-2H3,(H2,21,22);1,3-4H,2H2;3-4H,1-2H3;1-2H/b;3-1+;4-3-;. The summed E-state index contributed by atoms with van der Waals surface area (Å²) in [5, 5.41) is 0. The van der Waals surface area contributed by atoms with Crippen LogP contribution in [0.1, 0.15) is 77.7 Å². The number of nitrogens with two attached hydrogens (primary N) is 1. The molecule has 0 atom stereocenters. The average molecular weight is 574 g/mol. The zero-order valence-corrected chi connectivity index (χ0v) is 24.6. The predicted molar refractivity (Wildman–Crippen MR) is 161 cm³/mol. The van der Waals surface area contributed by atoms with Crippen LogP contribution in [0.5, 0.6) is 0 Å². The number of carbonyl (C=O) groups is 2. The first-order valence-corrected chi connectivity index (χ1v) is 13.9. The minimum absolute atomic E-state index is 0.216. The SMILES string of the molecule is C#C.C/C=C\C.CCCCn1c(N)nc2ccc(CN(C)C(=O)C3CCCCC3)cc21.O=CC/C=C/Br. The number of aromatic nitrogens is 2. The highest BCUT2D eigenvalue weighted by Gasteiger charge is 2.24. The Bertz CT molecular complexity index is 984. The molecule has 37 heavy (non-hydrogen) atoms. The summed E-state index contributed by atoms with van der Waals surface area (Å²) in [6.07, 6.45) is 23.0. The van der Waals surface area contributed by atoms with E-state index in [4.69, 9.17) is 5.73 Å². The van der Waals surface area contributed by atoms with Crippen LogP contribution in [0.25, 0.3) is 11.0 Å². The number of aryl methyl sites for hydroxylation is 1. The van der Waals surface area contributed by atoms with Crippen LogP contribution in [-0.4, -0.2) is 33.7 Å². The van der Waals surface area contributed by atoms with Gasteiger partial charge in [0.15, 0.2) is 0 Å². The lowest BCUT2D eigenvalue weighted by molar-refractivity contribution is -0.135. The van der Waals surface area contributed by atoms with Gasteiger partial charge < -0.3 is 20.0 Å². The number of unbranched alkanes of at least 4 members (excludes halogenated alkanes) is 1. The number of hydrogen-bond acceptors (Lipinski definition) is 4. The molecule has 1 aliphatic rings. The zero-order valence-electron chi connectivity index (χ0n) is 23.0. The molecule has 2 aromatic rings. The van der Waals surface area contributed by atoms with Crippen molar-refractivity contribution in [3.8, 4) is 12.8 Å². The van der Waals surface area contributed by atoms with E-state index in [9.17, 15) is 9.59 Å². The van der Waals surface area contributed by atoms with Crippen molar-refractivity contribution >= 4 is 45.1 Å². The van der Waals surface area contributed by atoms with Gasteiger partial charge in [-0.3, -0.25) is 4.79 Å². The van der Waals surface area contributed by atoms with Crippen molar-refractivity contribution in [2.24, 2.45) is 5.92 Å². The molecule has 1 amide bonds. The second-order valence-corrected chi connectivity index (χ2v) is 9.29. The maximum atomic E-state index is 12.7. The van der Waals surface area contributed by atoms with Gasteiger partial charge in [0, 0.05) is 32.5 Å². The Labute approximate surface area is 232 Å². The lowest BCUT2D eigenvalue weighted by atomic mass is 9.88. The number of aldehydes is 1. The number of halogens is 1. The number of nitrogen functional groups attached to an aromatic ring is 1. The molecule has 0 spiro atoms.